The van der Waals surface area contributed by atoms with Gasteiger partial charge < -0.3 is 5.32 Å². The fourth-order valence-electron chi connectivity index (χ4n) is 3.04. The van der Waals surface area contributed by atoms with Crippen molar-refractivity contribution in [2.45, 2.75) is 46.8 Å². The monoisotopic (exact) mass is 311 g/mol. The summed E-state index contributed by atoms with van der Waals surface area (Å²) in [5.41, 5.74) is 5.82. The van der Waals surface area contributed by atoms with Crippen molar-refractivity contribution in [3.63, 3.8) is 0 Å². The van der Waals surface area contributed by atoms with Crippen molar-refractivity contribution >= 4 is 10.9 Å². The van der Waals surface area contributed by atoms with Crippen LogP contribution in [0.4, 0.5) is 0 Å². The molecule has 0 aliphatic carbocycles. The quantitative estimate of drug-likeness (QED) is 0.788. The van der Waals surface area contributed by atoms with Gasteiger partial charge >= 0.3 is 0 Å². The van der Waals surface area contributed by atoms with Gasteiger partial charge in [0.05, 0.1) is 23.4 Å². The summed E-state index contributed by atoms with van der Waals surface area (Å²) in [4.78, 5) is 0. The lowest BCUT2D eigenvalue weighted by Crippen LogP contribution is -2.31. The van der Waals surface area contributed by atoms with Gasteiger partial charge in [0.2, 0.25) is 0 Å². The van der Waals surface area contributed by atoms with Crippen molar-refractivity contribution in [3.8, 4) is 0 Å². The fraction of sp³-hybridized carbons (Fsp3) is 0.444. The average molecular weight is 311 g/mol. The van der Waals surface area contributed by atoms with Gasteiger partial charge in [-0.25, -0.2) is 0 Å². The van der Waals surface area contributed by atoms with Gasteiger partial charge in [0, 0.05) is 30.7 Å². The van der Waals surface area contributed by atoms with Crippen LogP contribution in [-0.2, 0) is 20.1 Å². The fourth-order valence-corrected chi connectivity index (χ4v) is 3.04. The van der Waals surface area contributed by atoms with Crippen molar-refractivity contribution in [1.82, 2.24) is 24.9 Å². The van der Waals surface area contributed by atoms with Gasteiger partial charge in [-0.05, 0) is 45.9 Å². The topological polar surface area (TPSA) is 47.7 Å². The van der Waals surface area contributed by atoms with Crippen LogP contribution in [0.1, 0.15) is 29.6 Å². The molecule has 0 aliphatic rings. The van der Waals surface area contributed by atoms with Gasteiger partial charge in [-0.3, -0.25) is 9.36 Å². The number of fused-ring (bicyclic) bond motifs is 1. The second-order valence-electron chi connectivity index (χ2n) is 6.48. The van der Waals surface area contributed by atoms with E-state index >= 15 is 0 Å². The number of benzene rings is 1. The number of aryl methyl sites for hydroxylation is 4. The highest BCUT2D eigenvalue weighted by atomic mass is 15.3. The van der Waals surface area contributed by atoms with Crippen LogP contribution in [0.15, 0.2) is 24.3 Å². The van der Waals surface area contributed by atoms with Crippen molar-refractivity contribution in [2.24, 2.45) is 7.05 Å². The molecule has 0 unspecified atom stereocenters. The Morgan fingerprint density at radius 3 is 2.61 bits per heavy atom. The van der Waals surface area contributed by atoms with E-state index in [0.717, 1.165) is 24.5 Å². The minimum atomic E-state index is 0.329. The van der Waals surface area contributed by atoms with Crippen molar-refractivity contribution in [3.05, 3.63) is 46.9 Å². The molecule has 23 heavy (non-hydrogen) atoms. The molecule has 0 spiro atoms. The number of nitrogens with one attached hydrogen (secondary N) is 1. The lowest BCUT2D eigenvalue weighted by Gasteiger charge is -2.14. The van der Waals surface area contributed by atoms with Crippen LogP contribution in [0.25, 0.3) is 10.9 Å². The molecule has 0 bridgehead atoms. The van der Waals surface area contributed by atoms with E-state index in [9.17, 15) is 0 Å². The van der Waals surface area contributed by atoms with Crippen LogP contribution in [0.3, 0.4) is 0 Å². The molecule has 0 saturated heterocycles. The van der Waals surface area contributed by atoms with E-state index in [1.165, 1.54) is 22.2 Å². The number of aromatic nitrogens is 4. The molecular formula is C18H25N5. The number of hydrogen-bond acceptors (Lipinski definition) is 3. The molecule has 1 atom stereocenters. The summed E-state index contributed by atoms with van der Waals surface area (Å²) >= 11 is 0. The van der Waals surface area contributed by atoms with Gasteiger partial charge in [-0.2, -0.15) is 10.2 Å². The average Bonchev–Trinajstić information content (AvgIpc) is 2.96. The van der Waals surface area contributed by atoms with Gasteiger partial charge in [0.1, 0.15) is 0 Å². The molecule has 122 valence electrons. The van der Waals surface area contributed by atoms with Crippen LogP contribution < -0.4 is 5.32 Å². The Balaban J connectivity index is 1.70. The molecule has 2 aromatic heterocycles. The molecule has 0 aliphatic heterocycles. The summed E-state index contributed by atoms with van der Waals surface area (Å²) < 4.78 is 4.02. The van der Waals surface area contributed by atoms with Crippen LogP contribution in [-0.4, -0.2) is 25.6 Å². The summed E-state index contributed by atoms with van der Waals surface area (Å²) in [6, 6.07) is 8.93. The molecular weight excluding hydrogens is 286 g/mol. The zero-order valence-corrected chi connectivity index (χ0v) is 14.6. The Labute approximate surface area is 137 Å². The molecule has 1 N–H and O–H groups in total. The van der Waals surface area contributed by atoms with Gasteiger partial charge in [-0.1, -0.05) is 11.6 Å². The van der Waals surface area contributed by atoms with E-state index in [1.807, 2.05) is 18.7 Å². The minimum Gasteiger partial charge on any atom is -0.307 e. The summed E-state index contributed by atoms with van der Waals surface area (Å²) in [6.45, 7) is 10.1. The first-order valence-electron chi connectivity index (χ1n) is 8.10. The SMILES string of the molecule is Cc1ccc2c(c1)c(CN[C@@H](C)Cn1nc(C)cc1C)nn2C. The van der Waals surface area contributed by atoms with E-state index in [2.05, 4.69) is 65.2 Å². The second kappa shape index (κ2) is 6.16. The smallest absolute Gasteiger partial charge is 0.0841 e. The molecule has 3 aromatic rings. The van der Waals surface area contributed by atoms with E-state index in [4.69, 9.17) is 0 Å². The van der Waals surface area contributed by atoms with E-state index in [1.54, 1.807) is 0 Å². The lowest BCUT2D eigenvalue weighted by atomic mass is 10.1. The third-order valence-electron chi connectivity index (χ3n) is 4.25. The molecule has 3 rings (SSSR count). The molecule has 0 amide bonds. The Morgan fingerprint density at radius 1 is 1.13 bits per heavy atom. The van der Waals surface area contributed by atoms with Gasteiger partial charge in [-0.15, -0.1) is 0 Å². The highest BCUT2D eigenvalue weighted by Gasteiger charge is 2.11. The lowest BCUT2D eigenvalue weighted by molar-refractivity contribution is 0.441. The molecule has 0 radical (unpaired) electrons. The second-order valence-corrected chi connectivity index (χ2v) is 6.48. The van der Waals surface area contributed by atoms with E-state index in [-0.39, 0.29) is 0 Å². The highest BCUT2D eigenvalue weighted by Crippen LogP contribution is 2.19. The van der Waals surface area contributed by atoms with Crippen LogP contribution in [0, 0.1) is 20.8 Å². The van der Waals surface area contributed by atoms with E-state index < -0.39 is 0 Å². The highest BCUT2D eigenvalue weighted by molar-refractivity contribution is 5.82. The maximum absolute atomic E-state index is 4.66. The largest absolute Gasteiger partial charge is 0.307 e. The van der Waals surface area contributed by atoms with Crippen molar-refractivity contribution < 1.29 is 0 Å². The first-order valence-corrected chi connectivity index (χ1v) is 8.10. The van der Waals surface area contributed by atoms with Gasteiger partial charge in [0.25, 0.3) is 0 Å². The zero-order valence-electron chi connectivity index (χ0n) is 14.6. The number of rotatable bonds is 5. The standard InChI is InChI=1S/C18H25N5/c1-12-6-7-18-16(8-12)17(21-22(18)5)10-19-14(3)11-23-15(4)9-13(2)20-23/h6-9,14,19H,10-11H2,1-5H3/t14-/m0/s1. The molecule has 0 saturated carbocycles. The Kier molecular flexibility index (Phi) is 4.22. The molecule has 5 nitrogen and oxygen atoms in total. The third-order valence-corrected chi connectivity index (χ3v) is 4.25. The predicted octanol–water partition coefficient (Wildman–Crippen LogP) is 2.87. The normalized spacial score (nSPS) is 12.9. The number of hydrogen-bond donors (Lipinski definition) is 1. The van der Waals surface area contributed by atoms with Crippen LogP contribution >= 0.6 is 0 Å². The summed E-state index contributed by atoms with van der Waals surface area (Å²) in [6.07, 6.45) is 0. The molecule has 0 fully saturated rings. The molecule has 2 heterocycles. The van der Waals surface area contributed by atoms with Gasteiger partial charge in [0.15, 0.2) is 0 Å². The van der Waals surface area contributed by atoms with Crippen molar-refractivity contribution in [2.75, 3.05) is 0 Å². The maximum Gasteiger partial charge on any atom is 0.0841 e. The Hall–Kier alpha value is -2.14. The Morgan fingerprint density at radius 2 is 1.91 bits per heavy atom. The van der Waals surface area contributed by atoms with Crippen LogP contribution in [0.5, 0.6) is 0 Å². The minimum absolute atomic E-state index is 0.329. The number of nitrogens with zero attached hydrogens (tertiary/aromatic N) is 4. The summed E-state index contributed by atoms with van der Waals surface area (Å²) in [7, 11) is 2.00. The molecule has 1 aromatic carbocycles. The first-order chi connectivity index (χ1) is 10.9. The third kappa shape index (κ3) is 3.29. The first kappa shape index (κ1) is 15.7. The summed E-state index contributed by atoms with van der Waals surface area (Å²) in [5.74, 6) is 0. The zero-order chi connectivity index (χ0) is 16.6. The maximum atomic E-state index is 4.66. The predicted molar refractivity (Wildman–Crippen MR) is 93.5 cm³/mol. The van der Waals surface area contributed by atoms with Crippen molar-refractivity contribution in [1.29, 1.82) is 0 Å². The van der Waals surface area contributed by atoms with E-state index in [0.29, 0.717) is 6.04 Å². The van der Waals surface area contributed by atoms with Crippen LogP contribution in [0.2, 0.25) is 0 Å². The Bertz CT molecular complexity index is 827. The molecule has 5 heteroatoms. The summed E-state index contributed by atoms with van der Waals surface area (Å²) in [5, 5.41) is 14.0.